The predicted molar refractivity (Wildman–Crippen MR) is 109 cm³/mol. The summed E-state index contributed by atoms with van der Waals surface area (Å²) >= 11 is 5.59. The molecule has 0 heterocycles. The molecule has 0 aliphatic heterocycles. The van der Waals surface area contributed by atoms with Gasteiger partial charge in [-0.25, -0.2) is 12.8 Å². The number of carbonyl (C=O) groups is 2. The third-order valence-electron chi connectivity index (χ3n) is 3.72. The monoisotopic (exact) mass is 474 g/mol. The number of amides is 1. The van der Waals surface area contributed by atoms with Gasteiger partial charge in [0.15, 0.2) is 6.61 Å². The second kappa shape index (κ2) is 10.1. The Balaban J connectivity index is 1.91. The largest absolute Gasteiger partial charge is 0.455 e. The van der Waals surface area contributed by atoms with Crippen molar-refractivity contribution >= 4 is 50.6 Å². The lowest BCUT2D eigenvalue weighted by atomic mass is 10.3. The first-order chi connectivity index (χ1) is 14.5. The molecular formula is C17H16ClFN4O7S. The van der Waals surface area contributed by atoms with Gasteiger partial charge in [-0.15, -0.1) is 0 Å². The van der Waals surface area contributed by atoms with Crippen molar-refractivity contribution in [2.24, 2.45) is 0 Å². The maximum atomic E-state index is 13.1. The third-order valence-corrected chi connectivity index (χ3v) is 5.41. The molecule has 0 atom stereocenters. The molecule has 166 valence electrons. The van der Waals surface area contributed by atoms with E-state index in [1.807, 2.05) is 4.72 Å². The molecule has 0 radical (unpaired) electrons. The van der Waals surface area contributed by atoms with Crippen LogP contribution in [0.5, 0.6) is 0 Å². The van der Waals surface area contributed by atoms with Gasteiger partial charge in [0.1, 0.15) is 18.0 Å². The maximum Gasteiger partial charge on any atom is 0.321 e. The minimum absolute atomic E-state index is 0.108. The van der Waals surface area contributed by atoms with Crippen LogP contribution in [0, 0.1) is 15.9 Å². The molecule has 1 amide bonds. The van der Waals surface area contributed by atoms with Crippen molar-refractivity contribution in [3.8, 4) is 0 Å². The third kappa shape index (κ3) is 6.60. The SMILES string of the molecule is CNc1ccc(S(=O)(=O)NCC(=O)OCC(=O)Nc2ccc(F)c(Cl)c2)cc1[N+](=O)[O-]. The molecule has 14 heteroatoms. The van der Waals surface area contributed by atoms with E-state index in [9.17, 15) is 32.5 Å². The van der Waals surface area contributed by atoms with Gasteiger partial charge in [-0.1, -0.05) is 11.6 Å². The van der Waals surface area contributed by atoms with Crippen molar-refractivity contribution in [2.75, 3.05) is 30.8 Å². The molecule has 2 aromatic rings. The number of halogens is 2. The van der Waals surface area contributed by atoms with Crippen LogP contribution in [-0.4, -0.2) is 45.4 Å². The van der Waals surface area contributed by atoms with Crippen LogP contribution in [-0.2, 0) is 24.3 Å². The number of esters is 1. The lowest BCUT2D eigenvalue weighted by molar-refractivity contribution is -0.384. The molecule has 0 aromatic heterocycles. The fourth-order valence-corrected chi connectivity index (χ4v) is 3.42. The minimum Gasteiger partial charge on any atom is -0.455 e. The first-order valence-electron chi connectivity index (χ1n) is 8.40. The fourth-order valence-electron chi connectivity index (χ4n) is 2.25. The van der Waals surface area contributed by atoms with Gasteiger partial charge >= 0.3 is 5.97 Å². The number of ether oxygens (including phenoxy) is 1. The molecule has 2 rings (SSSR count). The summed E-state index contributed by atoms with van der Waals surface area (Å²) in [7, 11) is -2.83. The Hall–Kier alpha value is -3.29. The summed E-state index contributed by atoms with van der Waals surface area (Å²) in [6, 6.07) is 6.59. The van der Waals surface area contributed by atoms with Gasteiger partial charge in [-0.2, -0.15) is 4.72 Å². The second-order valence-corrected chi connectivity index (χ2v) is 8.02. The van der Waals surface area contributed by atoms with Crippen molar-refractivity contribution in [3.63, 3.8) is 0 Å². The number of anilines is 2. The van der Waals surface area contributed by atoms with E-state index >= 15 is 0 Å². The number of hydrogen-bond acceptors (Lipinski definition) is 8. The van der Waals surface area contributed by atoms with Crippen molar-refractivity contribution in [3.05, 3.63) is 57.4 Å². The van der Waals surface area contributed by atoms with E-state index < -0.39 is 56.4 Å². The first kappa shape index (κ1) is 24.0. The lowest BCUT2D eigenvalue weighted by Gasteiger charge is -2.09. The first-order valence-corrected chi connectivity index (χ1v) is 10.3. The van der Waals surface area contributed by atoms with E-state index in [0.29, 0.717) is 0 Å². The molecule has 0 saturated carbocycles. The van der Waals surface area contributed by atoms with E-state index in [1.165, 1.54) is 19.2 Å². The molecule has 0 fully saturated rings. The Morgan fingerprint density at radius 1 is 1.23 bits per heavy atom. The highest BCUT2D eigenvalue weighted by atomic mass is 35.5. The number of nitrogens with one attached hydrogen (secondary N) is 3. The topological polar surface area (TPSA) is 157 Å². The van der Waals surface area contributed by atoms with Gasteiger partial charge < -0.3 is 15.4 Å². The Morgan fingerprint density at radius 3 is 2.55 bits per heavy atom. The summed E-state index contributed by atoms with van der Waals surface area (Å²) in [5.41, 5.74) is -0.193. The van der Waals surface area contributed by atoms with Crippen LogP contribution in [0.2, 0.25) is 5.02 Å². The van der Waals surface area contributed by atoms with E-state index in [4.69, 9.17) is 11.6 Å². The van der Waals surface area contributed by atoms with Gasteiger partial charge in [-0.3, -0.25) is 19.7 Å². The van der Waals surface area contributed by atoms with Crippen molar-refractivity contribution in [1.29, 1.82) is 0 Å². The zero-order valence-electron chi connectivity index (χ0n) is 15.8. The van der Waals surface area contributed by atoms with Crippen molar-refractivity contribution in [2.45, 2.75) is 4.90 Å². The molecule has 0 spiro atoms. The highest BCUT2D eigenvalue weighted by Gasteiger charge is 2.22. The summed E-state index contributed by atoms with van der Waals surface area (Å²) in [5.74, 6) is -2.52. The van der Waals surface area contributed by atoms with Gasteiger partial charge in [0.2, 0.25) is 10.0 Å². The average Bonchev–Trinajstić information content (AvgIpc) is 2.72. The molecule has 2 aromatic carbocycles. The summed E-state index contributed by atoms with van der Waals surface area (Å²) < 4.78 is 44.2. The van der Waals surface area contributed by atoms with Gasteiger partial charge in [0.05, 0.1) is 14.8 Å². The van der Waals surface area contributed by atoms with E-state index in [1.54, 1.807) is 0 Å². The van der Waals surface area contributed by atoms with E-state index in [2.05, 4.69) is 15.4 Å². The summed E-state index contributed by atoms with van der Waals surface area (Å²) in [4.78, 5) is 33.4. The molecule has 0 aliphatic rings. The number of nitro benzene ring substituents is 1. The molecule has 3 N–H and O–H groups in total. The number of rotatable bonds is 9. The zero-order valence-corrected chi connectivity index (χ0v) is 17.4. The maximum absolute atomic E-state index is 13.1. The van der Waals surface area contributed by atoms with E-state index in [0.717, 1.165) is 24.3 Å². The van der Waals surface area contributed by atoms with Crippen molar-refractivity contribution in [1.82, 2.24) is 4.72 Å². The average molecular weight is 475 g/mol. The van der Waals surface area contributed by atoms with Crippen LogP contribution in [0.3, 0.4) is 0 Å². The molecule has 11 nitrogen and oxygen atoms in total. The quantitative estimate of drug-likeness (QED) is 0.282. The second-order valence-electron chi connectivity index (χ2n) is 5.85. The summed E-state index contributed by atoms with van der Waals surface area (Å²) in [5, 5.41) is 15.7. The van der Waals surface area contributed by atoms with Gasteiger partial charge in [-0.05, 0) is 30.3 Å². The Morgan fingerprint density at radius 2 is 1.94 bits per heavy atom. The molecule has 0 bridgehead atoms. The standard InChI is InChI=1S/C17H16ClFN4O7S/c1-20-14-5-3-11(7-15(14)23(26)27)31(28,29)21-8-17(25)30-9-16(24)22-10-2-4-13(19)12(18)6-10/h2-7,20-21H,8-9H2,1H3,(H,22,24). The number of nitrogens with zero attached hydrogens (tertiary/aromatic N) is 1. The lowest BCUT2D eigenvalue weighted by Crippen LogP contribution is -2.32. The number of hydrogen-bond donors (Lipinski definition) is 3. The summed E-state index contributed by atoms with van der Waals surface area (Å²) in [6.07, 6.45) is 0. The molecule has 0 aliphatic carbocycles. The van der Waals surface area contributed by atoms with Crippen LogP contribution in [0.15, 0.2) is 41.3 Å². The highest BCUT2D eigenvalue weighted by Crippen LogP contribution is 2.27. The molecular weight excluding hydrogens is 459 g/mol. The number of benzene rings is 2. The Kier molecular flexibility index (Phi) is 7.85. The Bertz CT molecular complexity index is 1130. The normalized spacial score (nSPS) is 10.9. The highest BCUT2D eigenvalue weighted by molar-refractivity contribution is 7.89. The number of carbonyl (C=O) groups excluding carboxylic acids is 2. The van der Waals surface area contributed by atoms with E-state index in [-0.39, 0.29) is 16.4 Å². The van der Waals surface area contributed by atoms with Crippen LogP contribution < -0.4 is 15.4 Å². The summed E-state index contributed by atoms with van der Waals surface area (Å²) in [6.45, 7) is -1.56. The van der Waals surface area contributed by atoms with Crippen LogP contribution in [0.1, 0.15) is 0 Å². The Labute approximate surface area is 180 Å². The van der Waals surface area contributed by atoms with Crippen LogP contribution in [0.4, 0.5) is 21.5 Å². The van der Waals surface area contributed by atoms with Gasteiger partial charge in [0, 0.05) is 18.8 Å². The predicted octanol–water partition coefficient (Wildman–Crippen LogP) is 1.89. The number of nitro groups is 1. The smallest absolute Gasteiger partial charge is 0.321 e. The van der Waals surface area contributed by atoms with Gasteiger partial charge in [0.25, 0.3) is 11.6 Å². The number of sulfonamides is 1. The minimum atomic E-state index is -4.27. The molecule has 0 unspecified atom stereocenters. The molecule has 0 saturated heterocycles. The zero-order chi connectivity index (χ0) is 23.2. The van der Waals surface area contributed by atoms with Crippen molar-refractivity contribution < 1.29 is 32.1 Å². The van der Waals surface area contributed by atoms with Crippen LogP contribution in [0.25, 0.3) is 0 Å². The van der Waals surface area contributed by atoms with Crippen LogP contribution >= 0.6 is 11.6 Å². The molecule has 31 heavy (non-hydrogen) atoms. The fraction of sp³-hybridized carbons (Fsp3) is 0.176.